The van der Waals surface area contributed by atoms with Crippen molar-refractivity contribution >= 4 is 23.5 Å². The van der Waals surface area contributed by atoms with Crippen molar-refractivity contribution in [2.75, 3.05) is 11.9 Å². The van der Waals surface area contributed by atoms with Crippen molar-refractivity contribution < 1.29 is 14.3 Å². The average Bonchev–Trinajstić information content (AvgIpc) is 2.89. The third-order valence-electron chi connectivity index (χ3n) is 3.05. The lowest BCUT2D eigenvalue weighted by Crippen LogP contribution is -2.25. The minimum Gasteiger partial charge on any atom is -0.482 e. The lowest BCUT2D eigenvalue weighted by atomic mass is 10.1. The highest BCUT2D eigenvalue weighted by Gasteiger charge is 2.17. The Balaban J connectivity index is 1.80. The second-order valence-electron chi connectivity index (χ2n) is 4.69. The van der Waals surface area contributed by atoms with E-state index in [0.29, 0.717) is 17.0 Å². The van der Waals surface area contributed by atoms with Gasteiger partial charge in [0.15, 0.2) is 12.4 Å². The molecular formula is C15H13N3O3. The van der Waals surface area contributed by atoms with E-state index in [4.69, 9.17) is 4.74 Å². The summed E-state index contributed by atoms with van der Waals surface area (Å²) in [4.78, 5) is 23.4. The van der Waals surface area contributed by atoms with Crippen LogP contribution in [0, 0.1) is 0 Å². The van der Waals surface area contributed by atoms with Crippen molar-refractivity contribution in [1.82, 2.24) is 9.78 Å². The Labute approximate surface area is 121 Å². The van der Waals surface area contributed by atoms with E-state index in [0.717, 1.165) is 5.56 Å². The molecule has 1 aliphatic rings. The lowest BCUT2D eigenvalue weighted by molar-refractivity contribution is -0.118. The summed E-state index contributed by atoms with van der Waals surface area (Å²) >= 11 is 0. The molecule has 1 aromatic carbocycles. The summed E-state index contributed by atoms with van der Waals surface area (Å²) in [7, 11) is 1.81. The summed E-state index contributed by atoms with van der Waals surface area (Å²) in [6.07, 6.45) is 6.66. The minimum absolute atomic E-state index is 0.00119. The fourth-order valence-corrected chi connectivity index (χ4v) is 2.03. The number of nitrogens with one attached hydrogen (secondary N) is 1. The monoisotopic (exact) mass is 283 g/mol. The third kappa shape index (κ3) is 2.84. The Bertz CT molecular complexity index is 746. The number of carbonyl (C=O) groups excluding carboxylic acids is 2. The Hall–Kier alpha value is -2.89. The molecule has 1 aliphatic heterocycles. The molecule has 0 bridgehead atoms. The number of ketones is 1. The zero-order chi connectivity index (χ0) is 14.8. The summed E-state index contributed by atoms with van der Waals surface area (Å²) in [6, 6.07) is 4.97. The number of amides is 1. The molecule has 3 rings (SSSR count). The number of carbonyl (C=O) groups is 2. The second-order valence-corrected chi connectivity index (χ2v) is 4.69. The van der Waals surface area contributed by atoms with Gasteiger partial charge in [-0.3, -0.25) is 14.3 Å². The first-order valence-corrected chi connectivity index (χ1v) is 6.39. The molecule has 1 amide bonds. The number of fused-ring (bicyclic) bond motifs is 1. The third-order valence-corrected chi connectivity index (χ3v) is 3.05. The largest absolute Gasteiger partial charge is 0.482 e. The summed E-state index contributed by atoms with van der Waals surface area (Å²) in [6.45, 7) is 0.00119. The first-order valence-electron chi connectivity index (χ1n) is 6.39. The van der Waals surface area contributed by atoms with Gasteiger partial charge >= 0.3 is 0 Å². The van der Waals surface area contributed by atoms with E-state index >= 15 is 0 Å². The van der Waals surface area contributed by atoms with Gasteiger partial charge in [0.1, 0.15) is 5.75 Å². The zero-order valence-corrected chi connectivity index (χ0v) is 11.4. The fraction of sp³-hybridized carbons (Fsp3) is 0.133. The molecule has 1 N–H and O–H groups in total. The number of aryl methyl sites for hydroxylation is 1. The highest BCUT2D eigenvalue weighted by molar-refractivity contribution is 6.08. The molecule has 2 aromatic rings. The summed E-state index contributed by atoms with van der Waals surface area (Å²) in [5.74, 6) is 0.196. The van der Waals surface area contributed by atoms with Crippen LogP contribution in [-0.4, -0.2) is 28.1 Å². The molecule has 21 heavy (non-hydrogen) atoms. The maximum atomic E-state index is 12.1. The van der Waals surface area contributed by atoms with Gasteiger partial charge in [-0.05, 0) is 30.4 Å². The molecule has 1 aromatic heterocycles. The Morgan fingerprint density at radius 2 is 2.33 bits per heavy atom. The van der Waals surface area contributed by atoms with E-state index in [9.17, 15) is 9.59 Å². The number of benzene rings is 1. The number of anilines is 1. The van der Waals surface area contributed by atoms with Crippen molar-refractivity contribution in [2.24, 2.45) is 7.05 Å². The normalized spacial score (nSPS) is 13.7. The highest BCUT2D eigenvalue weighted by Crippen LogP contribution is 2.28. The van der Waals surface area contributed by atoms with Crippen LogP contribution in [0.25, 0.3) is 6.08 Å². The Kier molecular flexibility index (Phi) is 3.27. The minimum atomic E-state index is -0.224. The van der Waals surface area contributed by atoms with Gasteiger partial charge in [-0.2, -0.15) is 5.10 Å². The number of hydrogen-bond acceptors (Lipinski definition) is 4. The molecule has 6 heteroatoms. The van der Waals surface area contributed by atoms with Gasteiger partial charge in [-0.25, -0.2) is 0 Å². The number of aromatic nitrogens is 2. The van der Waals surface area contributed by atoms with Crippen LogP contribution in [0.15, 0.2) is 36.7 Å². The standard InChI is InChI=1S/C15H13N3O3/c1-18-8-10(7-16-18)2-4-13(19)11-3-5-14-12(6-11)17-15(20)9-21-14/h2-8H,9H2,1H3,(H,17,20)/b4-2+. The lowest BCUT2D eigenvalue weighted by Gasteiger charge is -2.17. The van der Waals surface area contributed by atoms with Crippen LogP contribution in [0.5, 0.6) is 5.75 Å². The van der Waals surface area contributed by atoms with Crippen molar-refractivity contribution in [3.63, 3.8) is 0 Å². The van der Waals surface area contributed by atoms with E-state index in [1.165, 1.54) is 6.08 Å². The van der Waals surface area contributed by atoms with Crippen LogP contribution in [0.4, 0.5) is 5.69 Å². The number of rotatable bonds is 3. The van der Waals surface area contributed by atoms with E-state index in [1.807, 2.05) is 13.2 Å². The van der Waals surface area contributed by atoms with Gasteiger partial charge in [-0.15, -0.1) is 0 Å². The maximum Gasteiger partial charge on any atom is 0.262 e. The fourth-order valence-electron chi connectivity index (χ4n) is 2.03. The molecule has 106 valence electrons. The smallest absolute Gasteiger partial charge is 0.262 e. The molecule has 0 saturated heterocycles. The number of hydrogen-bond donors (Lipinski definition) is 1. The molecule has 0 radical (unpaired) electrons. The van der Waals surface area contributed by atoms with Gasteiger partial charge in [0.05, 0.1) is 11.9 Å². The summed E-state index contributed by atoms with van der Waals surface area (Å²) in [5.41, 5.74) is 1.85. The van der Waals surface area contributed by atoms with Crippen LogP contribution in [0.3, 0.4) is 0 Å². The van der Waals surface area contributed by atoms with Crippen molar-refractivity contribution in [3.8, 4) is 5.75 Å². The van der Waals surface area contributed by atoms with Gasteiger partial charge in [-0.1, -0.05) is 0 Å². The molecule has 0 spiro atoms. The van der Waals surface area contributed by atoms with Crippen molar-refractivity contribution in [1.29, 1.82) is 0 Å². The molecule has 6 nitrogen and oxygen atoms in total. The first-order chi connectivity index (χ1) is 10.1. The average molecular weight is 283 g/mol. The SMILES string of the molecule is Cn1cc(/C=C/C(=O)c2ccc3c(c2)NC(=O)CO3)cn1. The maximum absolute atomic E-state index is 12.1. The van der Waals surface area contributed by atoms with Crippen molar-refractivity contribution in [2.45, 2.75) is 0 Å². The van der Waals surface area contributed by atoms with E-state index in [2.05, 4.69) is 10.4 Å². The van der Waals surface area contributed by atoms with Gasteiger partial charge in [0.2, 0.25) is 0 Å². The molecule has 0 unspecified atom stereocenters. The first kappa shape index (κ1) is 13.1. The quantitative estimate of drug-likeness (QED) is 0.686. The Morgan fingerprint density at radius 3 is 3.10 bits per heavy atom. The van der Waals surface area contributed by atoms with Crippen LogP contribution in [0.2, 0.25) is 0 Å². The second kappa shape index (κ2) is 5.24. The summed E-state index contributed by atoms with van der Waals surface area (Å²) in [5, 5.41) is 6.70. The molecule has 0 atom stereocenters. The highest BCUT2D eigenvalue weighted by atomic mass is 16.5. The van der Waals surface area contributed by atoms with E-state index < -0.39 is 0 Å². The Morgan fingerprint density at radius 1 is 1.48 bits per heavy atom. The molecule has 0 saturated carbocycles. The predicted octanol–water partition coefficient (Wildman–Crippen LogP) is 1.65. The van der Waals surface area contributed by atoms with Gasteiger partial charge in [0, 0.05) is 24.4 Å². The van der Waals surface area contributed by atoms with Crippen LogP contribution in [-0.2, 0) is 11.8 Å². The molecular weight excluding hydrogens is 270 g/mol. The summed E-state index contributed by atoms with van der Waals surface area (Å²) < 4.78 is 6.91. The number of allylic oxidation sites excluding steroid dienone is 1. The van der Waals surface area contributed by atoms with E-state index in [1.54, 1.807) is 35.2 Å². The van der Waals surface area contributed by atoms with E-state index in [-0.39, 0.29) is 18.3 Å². The zero-order valence-electron chi connectivity index (χ0n) is 11.4. The van der Waals surface area contributed by atoms with Crippen LogP contribution < -0.4 is 10.1 Å². The topological polar surface area (TPSA) is 73.2 Å². The van der Waals surface area contributed by atoms with Crippen LogP contribution >= 0.6 is 0 Å². The molecule has 2 heterocycles. The number of nitrogens with zero attached hydrogens (tertiary/aromatic N) is 2. The van der Waals surface area contributed by atoms with Crippen molar-refractivity contribution in [3.05, 3.63) is 47.8 Å². The molecule has 0 aliphatic carbocycles. The van der Waals surface area contributed by atoms with Gasteiger partial charge < -0.3 is 10.1 Å². The molecule has 0 fully saturated rings. The number of ether oxygens (including phenoxy) is 1. The predicted molar refractivity (Wildman–Crippen MR) is 77.1 cm³/mol. The van der Waals surface area contributed by atoms with Crippen LogP contribution in [0.1, 0.15) is 15.9 Å². The van der Waals surface area contributed by atoms with Gasteiger partial charge in [0.25, 0.3) is 5.91 Å².